The van der Waals surface area contributed by atoms with Crippen molar-refractivity contribution >= 4 is 18.2 Å². The van der Waals surface area contributed by atoms with Gasteiger partial charge in [-0.1, -0.05) is 44.2 Å². The quantitative estimate of drug-likeness (QED) is 0.537. The van der Waals surface area contributed by atoms with Gasteiger partial charge in [0.15, 0.2) is 5.78 Å². The molecule has 2 aromatic rings. The van der Waals surface area contributed by atoms with Gasteiger partial charge in [-0.2, -0.15) is 0 Å². The Kier molecular flexibility index (Phi) is 9.13. The molecule has 0 amide bonds. The van der Waals surface area contributed by atoms with Gasteiger partial charge in [-0.05, 0) is 35.7 Å². The summed E-state index contributed by atoms with van der Waals surface area (Å²) in [7, 11) is 0. The largest absolute Gasteiger partial charge is 0.492 e. The number of carbonyl (C=O) groups excluding carboxylic acids is 1. The summed E-state index contributed by atoms with van der Waals surface area (Å²) >= 11 is 0. The Morgan fingerprint density at radius 1 is 1.08 bits per heavy atom. The van der Waals surface area contributed by atoms with Crippen LogP contribution in [0.2, 0.25) is 0 Å². The highest BCUT2D eigenvalue weighted by Crippen LogP contribution is 2.14. The summed E-state index contributed by atoms with van der Waals surface area (Å²) in [5.41, 5.74) is 2.09. The van der Waals surface area contributed by atoms with Crippen LogP contribution in [0.1, 0.15) is 42.1 Å². The molecule has 1 unspecified atom stereocenters. The van der Waals surface area contributed by atoms with E-state index in [0.29, 0.717) is 18.9 Å². The van der Waals surface area contributed by atoms with E-state index in [1.54, 1.807) is 0 Å². The zero-order valence-electron chi connectivity index (χ0n) is 14.3. The van der Waals surface area contributed by atoms with Gasteiger partial charge in [0.2, 0.25) is 0 Å². The number of hydrogen-bond donors (Lipinski definition) is 1. The number of carbonyl (C=O) groups is 1. The van der Waals surface area contributed by atoms with Crippen LogP contribution in [-0.2, 0) is 0 Å². The van der Waals surface area contributed by atoms with E-state index in [2.05, 4.69) is 36.5 Å². The number of hydrogen-bond acceptors (Lipinski definition) is 3. The highest BCUT2D eigenvalue weighted by molar-refractivity contribution is 5.95. The van der Waals surface area contributed by atoms with E-state index in [1.165, 1.54) is 5.56 Å². The average Bonchev–Trinajstić information content (AvgIpc) is 2.62. The number of ether oxygens (including phenoxy) is 1. The minimum atomic E-state index is 0. The highest BCUT2D eigenvalue weighted by Gasteiger charge is 2.04. The molecule has 0 saturated heterocycles. The lowest BCUT2D eigenvalue weighted by Crippen LogP contribution is -2.25. The molecule has 0 fully saturated rings. The van der Waals surface area contributed by atoms with Crippen molar-refractivity contribution in [2.45, 2.75) is 26.2 Å². The van der Waals surface area contributed by atoms with Crippen LogP contribution in [0.5, 0.6) is 5.75 Å². The van der Waals surface area contributed by atoms with Crippen LogP contribution in [0.4, 0.5) is 0 Å². The molecule has 4 heteroatoms. The van der Waals surface area contributed by atoms with Crippen molar-refractivity contribution in [3.05, 3.63) is 65.7 Å². The van der Waals surface area contributed by atoms with Crippen molar-refractivity contribution in [2.24, 2.45) is 0 Å². The molecule has 24 heavy (non-hydrogen) atoms. The Hall–Kier alpha value is -1.84. The van der Waals surface area contributed by atoms with Gasteiger partial charge in [0.1, 0.15) is 12.4 Å². The SMILES string of the molecule is CCC(=O)c1ccc(OCCNCC(C)c2ccccc2)cc1.Cl. The fraction of sp³-hybridized carbons (Fsp3) is 0.350. The van der Waals surface area contributed by atoms with Gasteiger partial charge < -0.3 is 10.1 Å². The van der Waals surface area contributed by atoms with Crippen molar-refractivity contribution < 1.29 is 9.53 Å². The lowest BCUT2D eigenvalue weighted by Gasteiger charge is -2.13. The summed E-state index contributed by atoms with van der Waals surface area (Å²) < 4.78 is 5.69. The number of nitrogens with one attached hydrogen (secondary N) is 1. The first kappa shape index (κ1) is 20.2. The first-order valence-electron chi connectivity index (χ1n) is 8.22. The second-order valence-corrected chi connectivity index (χ2v) is 5.67. The summed E-state index contributed by atoms with van der Waals surface area (Å²) in [5, 5.41) is 3.41. The van der Waals surface area contributed by atoms with Crippen LogP contribution < -0.4 is 10.1 Å². The number of Topliss-reactive ketones (excluding diaryl/α,β-unsaturated/α-hetero) is 1. The maximum absolute atomic E-state index is 11.6. The highest BCUT2D eigenvalue weighted by atomic mass is 35.5. The second-order valence-electron chi connectivity index (χ2n) is 5.67. The van der Waals surface area contributed by atoms with E-state index < -0.39 is 0 Å². The topological polar surface area (TPSA) is 38.3 Å². The van der Waals surface area contributed by atoms with Gasteiger partial charge in [-0.25, -0.2) is 0 Å². The predicted octanol–water partition coefficient (Wildman–Crippen LogP) is 4.47. The number of benzene rings is 2. The first-order valence-corrected chi connectivity index (χ1v) is 8.22. The van der Waals surface area contributed by atoms with Gasteiger partial charge >= 0.3 is 0 Å². The Labute approximate surface area is 150 Å². The van der Waals surface area contributed by atoms with E-state index in [1.807, 2.05) is 37.3 Å². The normalized spacial score (nSPS) is 11.4. The molecule has 0 spiro atoms. The molecule has 1 atom stereocenters. The molecule has 0 aromatic heterocycles. The van der Waals surface area contributed by atoms with Crippen molar-refractivity contribution in [3.8, 4) is 5.75 Å². The molecule has 130 valence electrons. The average molecular weight is 348 g/mol. The summed E-state index contributed by atoms with van der Waals surface area (Å²) in [5.74, 6) is 1.44. The van der Waals surface area contributed by atoms with Crippen molar-refractivity contribution in [1.29, 1.82) is 0 Å². The van der Waals surface area contributed by atoms with Gasteiger partial charge in [0, 0.05) is 25.1 Å². The molecule has 0 heterocycles. The number of ketones is 1. The molecule has 0 aliphatic heterocycles. The van der Waals surface area contributed by atoms with Crippen LogP contribution >= 0.6 is 12.4 Å². The fourth-order valence-corrected chi connectivity index (χ4v) is 2.40. The summed E-state index contributed by atoms with van der Waals surface area (Å²) in [4.78, 5) is 11.6. The van der Waals surface area contributed by atoms with Crippen molar-refractivity contribution in [3.63, 3.8) is 0 Å². The maximum atomic E-state index is 11.6. The molecular formula is C20H26ClNO2. The van der Waals surface area contributed by atoms with Gasteiger partial charge in [-0.15, -0.1) is 12.4 Å². The van der Waals surface area contributed by atoms with Gasteiger partial charge in [0.25, 0.3) is 0 Å². The molecule has 3 nitrogen and oxygen atoms in total. The van der Waals surface area contributed by atoms with Crippen LogP contribution in [0.15, 0.2) is 54.6 Å². The molecule has 0 radical (unpaired) electrons. The summed E-state index contributed by atoms with van der Waals surface area (Å²) in [6.45, 7) is 6.42. The Morgan fingerprint density at radius 2 is 1.75 bits per heavy atom. The van der Waals surface area contributed by atoms with E-state index in [4.69, 9.17) is 4.74 Å². The molecule has 2 aromatic carbocycles. The molecule has 0 saturated carbocycles. The maximum Gasteiger partial charge on any atom is 0.162 e. The van der Waals surface area contributed by atoms with E-state index in [-0.39, 0.29) is 18.2 Å². The van der Waals surface area contributed by atoms with Crippen LogP contribution in [0, 0.1) is 0 Å². The molecule has 0 bridgehead atoms. The third-order valence-corrected chi connectivity index (χ3v) is 3.86. The minimum Gasteiger partial charge on any atom is -0.492 e. The Balaban J connectivity index is 0.00000288. The van der Waals surface area contributed by atoms with Crippen LogP contribution in [0.25, 0.3) is 0 Å². The smallest absolute Gasteiger partial charge is 0.162 e. The van der Waals surface area contributed by atoms with Crippen LogP contribution in [0.3, 0.4) is 0 Å². The van der Waals surface area contributed by atoms with Gasteiger partial charge in [0.05, 0.1) is 0 Å². The monoisotopic (exact) mass is 347 g/mol. The fourth-order valence-electron chi connectivity index (χ4n) is 2.40. The standard InChI is InChI=1S/C20H25NO2.ClH/c1-3-20(22)18-9-11-19(12-10-18)23-14-13-21-15-16(2)17-7-5-4-6-8-17;/h4-12,16,21H,3,13-15H2,1-2H3;1H. The van der Waals surface area contributed by atoms with Gasteiger partial charge in [-0.3, -0.25) is 4.79 Å². The molecule has 2 rings (SSSR count). The number of halogens is 1. The molecule has 1 N–H and O–H groups in total. The molecule has 0 aliphatic rings. The van der Waals surface area contributed by atoms with E-state index in [9.17, 15) is 4.79 Å². The van der Waals surface area contributed by atoms with E-state index >= 15 is 0 Å². The zero-order chi connectivity index (χ0) is 16.5. The second kappa shape index (κ2) is 10.8. The lowest BCUT2D eigenvalue weighted by molar-refractivity contribution is 0.0988. The molecule has 0 aliphatic carbocycles. The lowest BCUT2D eigenvalue weighted by atomic mass is 10.0. The first-order chi connectivity index (χ1) is 11.2. The van der Waals surface area contributed by atoms with Crippen LogP contribution in [-0.4, -0.2) is 25.5 Å². The van der Waals surface area contributed by atoms with E-state index in [0.717, 1.165) is 24.4 Å². The molecular weight excluding hydrogens is 322 g/mol. The Morgan fingerprint density at radius 3 is 2.38 bits per heavy atom. The minimum absolute atomic E-state index is 0. The predicted molar refractivity (Wildman–Crippen MR) is 102 cm³/mol. The third kappa shape index (κ3) is 6.34. The summed E-state index contributed by atoms with van der Waals surface area (Å²) in [6.07, 6.45) is 0.531. The summed E-state index contributed by atoms with van der Waals surface area (Å²) in [6, 6.07) is 17.9. The number of rotatable bonds is 9. The zero-order valence-corrected chi connectivity index (χ0v) is 15.1. The van der Waals surface area contributed by atoms with Crippen molar-refractivity contribution in [2.75, 3.05) is 19.7 Å². The Bertz CT molecular complexity index is 599. The third-order valence-electron chi connectivity index (χ3n) is 3.86. The van der Waals surface area contributed by atoms with Crippen molar-refractivity contribution in [1.82, 2.24) is 5.32 Å².